The Kier molecular flexibility index (Phi) is 4.39. The van der Waals surface area contributed by atoms with Crippen LogP contribution in [-0.2, 0) is 4.79 Å². The smallest absolute Gasteiger partial charge is 0.224 e. The molecule has 3 atom stereocenters. The zero-order valence-electron chi connectivity index (χ0n) is 8.05. The van der Waals surface area contributed by atoms with E-state index in [-0.39, 0.29) is 23.2 Å². The SMILES string of the molecule is CC(Cl)C(C)NC(=O)C1CCSC1. The Hall–Kier alpha value is 0.110. The van der Waals surface area contributed by atoms with Crippen molar-refractivity contribution in [3.63, 3.8) is 0 Å². The van der Waals surface area contributed by atoms with Crippen LogP contribution in [0.2, 0.25) is 0 Å². The largest absolute Gasteiger partial charge is 0.352 e. The summed E-state index contributed by atoms with van der Waals surface area (Å²) in [5, 5.41) is 2.94. The summed E-state index contributed by atoms with van der Waals surface area (Å²) in [7, 11) is 0. The summed E-state index contributed by atoms with van der Waals surface area (Å²) < 4.78 is 0. The molecular weight excluding hydrogens is 206 g/mol. The van der Waals surface area contributed by atoms with E-state index in [2.05, 4.69) is 5.32 Å². The summed E-state index contributed by atoms with van der Waals surface area (Å²) in [6.45, 7) is 3.84. The maximum absolute atomic E-state index is 11.6. The second kappa shape index (κ2) is 5.11. The predicted octanol–water partition coefficient (Wildman–Crippen LogP) is 1.87. The molecule has 1 heterocycles. The molecule has 0 radical (unpaired) electrons. The molecule has 2 nitrogen and oxygen atoms in total. The fourth-order valence-corrected chi connectivity index (χ4v) is 2.48. The number of alkyl halides is 1. The third-order valence-electron chi connectivity index (χ3n) is 2.36. The van der Waals surface area contributed by atoms with Crippen molar-refractivity contribution in [3.8, 4) is 0 Å². The Morgan fingerprint density at radius 2 is 2.31 bits per heavy atom. The summed E-state index contributed by atoms with van der Waals surface area (Å²) in [6.07, 6.45) is 1.01. The number of halogens is 1. The molecule has 4 heteroatoms. The highest BCUT2D eigenvalue weighted by Crippen LogP contribution is 2.23. The lowest BCUT2D eigenvalue weighted by molar-refractivity contribution is -0.124. The molecule has 1 aliphatic heterocycles. The van der Waals surface area contributed by atoms with Crippen molar-refractivity contribution in [1.82, 2.24) is 5.32 Å². The number of nitrogens with one attached hydrogen (secondary N) is 1. The van der Waals surface area contributed by atoms with E-state index >= 15 is 0 Å². The van der Waals surface area contributed by atoms with Gasteiger partial charge in [0.2, 0.25) is 5.91 Å². The summed E-state index contributed by atoms with van der Waals surface area (Å²) in [5.74, 6) is 2.46. The average molecular weight is 222 g/mol. The van der Waals surface area contributed by atoms with Crippen molar-refractivity contribution in [2.24, 2.45) is 5.92 Å². The van der Waals surface area contributed by atoms with Crippen molar-refractivity contribution in [3.05, 3.63) is 0 Å². The molecule has 13 heavy (non-hydrogen) atoms. The van der Waals surface area contributed by atoms with Gasteiger partial charge in [0.1, 0.15) is 0 Å². The van der Waals surface area contributed by atoms with Crippen LogP contribution in [0.4, 0.5) is 0 Å². The van der Waals surface area contributed by atoms with Crippen molar-refractivity contribution in [2.45, 2.75) is 31.7 Å². The normalized spacial score (nSPS) is 26.8. The van der Waals surface area contributed by atoms with E-state index in [1.165, 1.54) is 0 Å². The van der Waals surface area contributed by atoms with Crippen LogP contribution in [0.1, 0.15) is 20.3 Å². The van der Waals surface area contributed by atoms with Crippen LogP contribution < -0.4 is 5.32 Å². The Balaban J connectivity index is 2.31. The Morgan fingerprint density at radius 3 is 2.77 bits per heavy atom. The van der Waals surface area contributed by atoms with Gasteiger partial charge in [-0.05, 0) is 26.0 Å². The minimum absolute atomic E-state index is 0.00185. The first kappa shape index (κ1) is 11.2. The maximum Gasteiger partial charge on any atom is 0.224 e. The molecule has 0 aromatic rings. The zero-order valence-corrected chi connectivity index (χ0v) is 9.62. The number of hydrogen-bond donors (Lipinski definition) is 1. The van der Waals surface area contributed by atoms with Gasteiger partial charge in [0, 0.05) is 17.7 Å². The first-order chi connectivity index (χ1) is 6.11. The number of thioether (sulfide) groups is 1. The van der Waals surface area contributed by atoms with Gasteiger partial charge in [-0.1, -0.05) is 0 Å². The van der Waals surface area contributed by atoms with Gasteiger partial charge in [-0.25, -0.2) is 0 Å². The van der Waals surface area contributed by atoms with Crippen LogP contribution >= 0.6 is 23.4 Å². The van der Waals surface area contributed by atoms with Gasteiger partial charge < -0.3 is 5.32 Å². The second-order valence-corrected chi connectivity index (χ2v) is 5.37. The van der Waals surface area contributed by atoms with Crippen molar-refractivity contribution in [1.29, 1.82) is 0 Å². The van der Waals surface area contributed by atoms with Crippen LogP contribution in [-0.4, -0.2) is 28.8 Å². The first-order valence-corrected chi connectivity index (χ1v) is 6.22. The highest BCUT2D eigenvalue weighted by Gasteiger charge is 2.24. The summed E-state index contributed by atoms with van der Waals surface area (Å²) in [6, 6.07) is 0.0692. The third-order valence-corrected chi connectivity index (χ3v) is 3.90. The lowest BCUT2D eigenvalue weighted by atomic mass is 10.1. The molecule has 1 fully saturated rings. The van der Waals surface area contributed by atoms with E-state index in [9.17, 15) is 4.79 Å². The lowest BCUT2D eigenvalue weighted by Crippen LogP contribution is -2.41. The predicted molar refractivity (Wildman–Crippen MR) is 58.4 cm³/mol. The van der Waals surface area contributed by atoms with E-state index in [1.807, 2.05) is 25.6 Å². The Labute approximate surface area is 88.8 Å². The Bertz CT molecular complexity index is 180. The average Bonchev–Trinajstić information content (AvgIpc) is 2.55. The highest BCUT2D eigenvalue weighted by molar-refractivity contribution is 7.99. The monoisotopic (exact) mass is 221 g/mol. The zero-order chi connectivity index (χ0) is 9.84. The minimum atomic E-state index is -0.00185. The van der Waals surface area contributed by atoms with E-state index in [0.717, 1.165) is 17.9 Å². The Morgan fingerprint density at radius 1 is 1.62 bits per heavy atom. The molecular formula is C9H16ClNOS. The molecule has 0 aliphatic carbocycles. The summed E-state index contributed by atoms with van der Waals surface area (Å²) in [5.41, 5.74) is 0. The highest BCUT2D eigenvalue weighted by atomic mass is 35.5. The summed E-state index contributed by atoms with van der Waals surface area (Å²) in [4.78, 5) is 11.6. The quantitative estimate of drug-likeness (QED) is 0.738. The van der Waals surface area contributed by atoms with E-state index in [4.69, 9.17) is 11.6 Å². The number of carbonyl (C=O) groups is 1. The molecule has 0 saturated carbocycles. The van der Waals surface area contributed by atoms with E-state index < -0.39 is 0 Å². The van der Waals surface area contributed by atoms with Crippen LogP contribution in [0.15, 0.2) is 0 Å². The standard InChI is InChI=1S/C9H16ClNOS/c1-6(10)7(2)11-9(12)8-3-4-13-5-8/h6-8H,3-5H2,1-2H3,(H,11,12). The summed E-state index contributed by atoms with van der Waals surface area (Å²) >= 11 is 7.71. The molecule has 1 aliphatic rings. The lowest BCUT2D eigenvalue weighted by Gasteiger charge is -2.18. The molecule has 1 saturated heterocycles. The number of carbonyl (C=O) groups excluding carboxylic acids is 1. The molecule has 1 amide bonds. The topological polar surface area (TPSA) is 29.1 Å². The molecule has 0 spiro atoms. The van der Waals surface area contributed by atoms with Crippen molar-refractivity contribution in [2.75, 3.05) is 11.5 Å². The van der Waals surface area contributed by atoms with Crippen LogP contribution in [0.3, 0.4) is 0 Å². The molecule has 3 unspecified atom stereocenters. The van der Waals surface area contributed by atoms with Crippen molar-refractivity contribution < 1.29 is 4.79 Å². The van der Waals surface area contributed by atoms with Crippen LogP contribution in [0.5, 0.6) is 0 Å². The molecule has 76 valence electrons. The van der Waals surface area contributed by atoms with E-state index in [1.54, 1.807) is 0 Å². The van der Waals surface area contributed by atoms with Crippen LogP contribution in [0.25, 0.3) is 0 Å². The first-order valence-electron chi connectivity index (χ1n) is 4.63. The van der Waals surface area contributed by atoms with Gasteiger partial charge in [-0.3, -0.25) is 4.79 Å². The maximum atomic E-state index is 11.6. The second-order valence-electron chi connectivity index (χ2n) is 3.54. The fraction of sp³-hybridized carbons (Fsp3) is 0.889. The molecule has 1 N–H and O–H groups in total. The van der Waals surface area contributed by atoms with Gasteiger partial charge in [-0.2, -0.15) is 11.8 Å². The van der Waals surface area contributed by atoms with Gasteiger partial charge in [-0.15, -0.1) is 11.6 Å². The van der Waals surface area contributed by atoms with Crippen LogP contribution in [0, 0.1) is 5.92 Å². The number of hydrogen-bond acceptors (Lipinski definition) is 2. The van der Waals surface area contributed by atoms with Gasteiger partial charge in [0.05, 0.1) is 5.38 Å². The number of amides is 1. The van der Waals surface area contributed by atoms with Gasteiger partial charge in [0.15, 0.2) is 0 Å². The molecule has 0 aromatic heterocycles. The molecule has 0 bridgehead atoms. The minimum Gasteiger partial charge on any atom is -0.352 e. The van der Waals surface area contributed by atoms with Gasteiger partial charge in [0.25, 0.3) is 0 Å². The van der Waals surface area contributed by atoms with E-state index in [0.29, 0.717) is 0 Å². The van der Waals surface area contributed by atoms with Crippen molar-refractivity contribution >= 4 is 29.3 Å². The molecule has 1 rings (SSSR count). The fourth-order valence-electron chi connectivity index (χ4n) is 1.20. The number of rotatable bonds is 3. The third kappa shape index (κ3) is 3.39. The molecule has 0 aromatic carbocycles. The van der Waals surface area contributed by atoms with Gasteiger partial charge >= 0.3 is 0 Å².